The van der Waals surface area contributed by atoms with E-state index in [0.29, 0.717) is 23.8 Å². The number of pyridine rings is 2. The third-order valence-corrected chi connectivity index (χ3v) is 6.81. The fourth-order valence-electron chi connectivity index (χ4n) is 4.53. The molecule has 2 aromatic heterocycles. The van der Waals surface area contributed by atoms with Gasteiger partial charge in [-0.05, 0) is 101 Å². The molecule has 3 aromatic rings. The van der Waals surface area contributed by atoms with Crippen LogP contribution in [0.25, 0.3) is 11.1 Å². The molecule has 0 aliphatic carbocycles. The van der Waals surface area contributed by atoms with E-state index in [2.05, 4.69) is 31.6 Å². The normalized spacial score (nSPS) is 16.0. The number of ether oxygens (including phenoxy) is 1. The van der Waals surface area contributed by atoms with Crippen LogP contribution in [0.5, 0.6) is 0 Å². The Morgan fingerprint density at radius 2 is 1.87 bits per heavy atom. The van der Waals surface area contributed by atoms with Crippen molar-refractivity contribution in [2.75, 3.05) is 18.4 Å². The standard InChI is InChI=1S/C30H36ClN5O3/c1-19-15-33-27(14-26(19)31)28(37)34-25-12-21(11-23(13-25)22-9-8-20(2)32-16-22)17-36-10-6-7-24(18-36)35-29(38)39-30(3,4)5/h8-9,11-16,24H,6-7,10,17-18H2,1-5H3,(H,34,37)(H,35,38)/t24-/m0/s1. The largest absolute Gasteiger partial charge is 0.444 e. The summed E-state index contributed by atoms with van der Waals surface area (Å²) in [7, 11) is 0. The zero-order chi connectivity index (χ0) is 28.2. The van der Waals surface area contributed by atoms with Crippen LogP contribution in [0.15, 0.2) is 48.8 Å². The van der Waals surface area contributed by atoms with E-state index in [1.165, 1.54) is 0 Å². The molecule has 0 saturated carbocycles. The molecule has 39 heavy (non-hydrogen) atoms. The number of anilines is 1. The molecule has 1 aliphatic heterocycles. The zero-order valence-corrected chi connectivity index (χ0v) is 23.9. The Hall–Kier alpha value is -3.49. The van der Waals surface area contributed by atoms with Crippen LogP contribution in [0.2, 0.25) is 5.02 Å². The maximum Gasteiger partial charge on any atom is 0.407 e. The summed E-state index contributed by atoms with van der Waals surface area (Å²) in [5.41, 5.74) is 5.06. The number of alkyl carbamates (subject to hydrolysis) is 1. The van der Waals surface area contributed by atoms with Crippen molar-refractivity contribution in [1.29, 1.82) is 0 Å². The average molecular weight is 550 g/mol. The summed E-state index contributed by atoms with van der Waals surface area (Å²) >= 11 is 6.22. The lowest BCUT2D eigenvalue weighted by Crippen LogP contribution is -2.48. The van der Waals surface area contributed by atoms with E-state index in [1.807, 2.05) is 65.1 Å². The van der Waals surface area contributed by atoms with E-state index in [9.17, 15) is 9.59 Å². The van der Waals surface area contributed by atoms with Crippen LogP contribution in [0.1, 0.15) is 60.9 Å². The van der Waals surface area contributed by atoms with Gasteiger partial charge >= 0.3 is 6.09 Å². The third-order valence-electron chi connectivity index (χ3n) is 6.40. The van der Waals surface area contributed by atoms with Gasteiger partial charge in [0.15, 0.2) is 0 Å². The number of piperidine rings is 1. The number of benzene rings is 1. The van der Waals surface area contributed by atoms with Gasteiger partial charge in [-0.15, -0.1) is 0 Å². The van der Waals surface area contributed by atoms with E-state index in [0.717, 1.165) is 47.3 Å². The number of nitrogens with zero attached hydrogens (tertiary/aromatic N) is 3. The molecule has 1 atom stereocenters. The Balaban J connectivity index is 1.54. The smallest absolute Gasteiger partial charge is 0.407 e. The van der Waals surface area contributed by atoms with Crippen molar-refractivity contribution in [3.05, 3.63) is 76.3 Å². The highest BCUT2D eigenvalue weighted by molar-refractivity contribution is 6.31. The summed E-state index contributed by atoms with van der Waals surface area (Å²) in [5, 5.41) is 6.50. The maximum atomic E-state index is 13.0. The minimum atomic E-state index is -0.538. The molecule has 1 aromatic carbocycles. The van der Waals surface area contributed by atoms with Gasteiger partial charge in [0, 0.05) is 53.5 Å². The van der Waals surface area contributed by atoms with Gasteiger partial charge in [-0.2, -0.15) is 0 Å². The minimum absolute atomic E-state index is 0.00890. The molecule has 0 unspecified atom stereocenters. The Labute approximate surface area is 235 Å². The predicted octanol–water partition coefficient (Wildman–Crippen LogP) is 6.16. The van der Waals surface area contributed by atoms with Gasteiger partial charge in [0.2, 0.25) is 0 Å². The summed E-state index contributed by atoms with van der Waals surface area (Å²) in [6.07, 6.45) is 4.90. The van der Waals surface area contributed by atoms with Crippen LogP contribution in [-0.2, 0) is 11.3 Å². The molecular weight excluding hydrogens is 514 g/mol. The summed E-state index contributed by atoms with van der Waals surface area (Å²) in [4.78, 5) is 36.3. The van der Waals surface area contributed by atoms with Crippen molar-refractivity contribution < 1.29 is 14.3 Å². The van der Waals surface area contributed by atoms with Crippen LogP contribution in [0, 0.1) is 13.8 Å². The van der Waals surface area contributed by atoms with Crippen molar-refractivity contribution in [3.8, 4) is 11.1 Å². The summed E-state index contributed by atoms with van der Waals surface area (Å²) in [5.74, 6) is -0.332. The van der Waals surface area contributed by atoms with Crippen molar-refractivity contribution in [2.45, 2.75) is 65.6 Å². The highest BCUT2D eigenvalue weighted by Gasteiger charge is 2.24. The fourth-order valence-corrected chi connectivity index (χ4v) is 4.68. The number of amides is 2. The topological polar surface area (TPSA) is 96.5 Å². The van der Waals surface area contributed by atoms with Gasteiger partial charge in [-0.3, -0.25) is 19.7 Å². The number of rotatable bonds is 6. The SMILES string of the molecule is Cc1ccc(-c2cc(CN3CCC[C@H](NC(=O)OC(C)(C)C)C3)cc(NC(=O)c3cc(Cl)c(C)cn3)c2)cn1. The second-order valence-electron chi connectivity index (χ2n) is 11.1. The molecule has 8 nitrogen and oxygen atoms in total. The molecule has 1 aliphatic rings. The quantitative estimate of drug-likeness (QED) is 0.382. The van der Waals surface area contributed by atoms with Gasteiger partial charge in [0.25, 0.3) is 5.91 Å². The minimum Gasteiger partial charge on any atom is -0.444 e. The van der Waals surface area contributed by atoms with E-state index in [4.69, 9.17) is 16.3 Å². The lowest BCUT2D eigenvalue weighted by molar-refractivity contribution is 0.0470. The number of aryl methyl sites for hydroxylation is 2. The number of carbonyl (C=O) groups excluding carboxylic acids is 2. The Bertz CT molecular complexity index is 1340. The first-order valence-electron chi connectivity index (χ1n) is 13.2. The molecule has 2 amide bonds. The average Bonchev–Trinajstić information content (AvgIpc) is 2.85. The second kappa shape index (κ2) is 12.1. The van der Waals surface area contributed by atoms with Crippen molar-refractivity contribution in [2.24, 2.45) is 0 Å². The molecule has 0 radical (unpaired) electrons. The van der Waals surface area contributed by atoms with Crippen LogP contribution in [0.4, 0.5) is 10.5 Å². The lowest BCUT2D eigenvalue weighted by Gasteiger charge is -2.33. The first-order valence-corrected chi connectivity index (χ1v) is 13.6. The first kappa shape index (κ1) is 28.5. The van der Waals surface area contributed by atoms with E-state index in [-0.39, 0.29) is 17.6 Å². The number of likely N-dealkylation sites (tertiary alicyclic amines) is 1. The van der Waals surface area contributed by atoms with Crippen LogP contribution >= 0.6 is 11.6 Å². The first-order chi connectivity index (χ1) is 18.4. The highest BCUT2D eigenvalue weighted by atomic mass is 35.5. The van der Waals surface area contributed by atoms with Gasteiger partial charge in [-0.25, -0.2) is 4.79 Å². The number of hydrogen-bond acceptors (Lipinski definition) is 6. The van der Waals surface area contributed by atoms with Gasteiger partial charge in [-0.1, -0.05) is 17.7 Å². The van der Waals surface area contributed by atoms with Crippen molar-refractivity contribution in [1.82, 2.24) is 20.2 Å². The molecule has 4 rings (SSSR count). The monoisotopic (exact) mass is 549 g/mol. The lowest BCUT2D eigenvalue weighted by atomic mass is 10.0. The number of aromatic nitrogens is 2. The Kier molecular flexibility index (Phi) is 8.87. The predicted molar refractivity (Wildman–Crippen MR) is 154 cm³/mol. The van der Waals surface area contributed by atoms with Crippen LogP contribution < -0.4 is 10.6 Å². The van der Waals surface area contributed by atoms with E-state index < -0.39 is 11.7 Å². The van der Waals surface area contributed by atoms with Gasteiger partial charge in [0.1, 0.15) is 11.3 Å². The molecule has 0 spiro atoms. The molecular formula is C30H36ClN5O3. The number of carbonyl (C=O) groups is 2. The molecule has 1 saturated heterocycles. The summed E-state index contributed by atoms with van der Waals surface area (Å²) in [6, 6.07) is 11.6. The molecule has 206 valence electrons. The zero-order valence-electron chi connectivity index (χ0n) is 23.2. The molecule has 9 heteroatoms. The molecule has 0 bridgehead atoms. The van der Waals surface area contributed by atoms with Crippen molar-refractivity contribution in [3.63, 3.8) is 0 Å². The van der Waals surface area contributed by atoms with Crippen molar-refractivity contribution >= 4 is 29.3 Å². The fraction of sp³-hybridized carbons (Fsp3) is 0.400. The molecule has 3 heterocycles. The number of halogens is 1. The van der Waals surface area contributed by atoms with Crippen LogP contribution in [0.3, 0.4) is 0 Å². The number of hydrogen-bond donors (Lipinski definition) is 2. The molecule has 2 N–H and O–H groups in total. The summed E-state index contributed by atoms with van der Waals surface area (Å²) < 4.78 is 5.44. The summed E-state index contributed by atoms with van der Waals surface area (Å²) in [6.45, 7) is 11.7. The highest BCUT2D eigenvalue weighted by Crippen LogP contribution is 2.27. The van der Waals surface area contributed by atoms with Gasteiger partial charge in [0.05, 0.1) is 0 Å². The Morgan fingerprint density at radius 1 is 1.08 bits per heavy atom. The second-order valence-corrected chi connectivity index (χ2v) is 11.5. The van der Waals surface area contributed by atoms with Crippen LogP contribution in [-0.4, -0.2) is 51.6 Å². The third kappa shape index (κ3) is 8.25. The Morgan fingerprint density at radius 3 is 2.56 bits per heavy atom. The van der Waals surface area contributed by atoms with E-state index in [1.54, 1.807) is 12.3 Å². The van der Waals surface area contributed by atoms with E-state index >= 15 is 0 Å². The number of nitrogens with one attached hydrogen (secondary N) is 2. The van der Waals surface area contributed by atoms with Gasteiger partial charge < -0.3 is 15.4 Å². The maximum absolute atomic E-state index is 13.0. The molecule has 1 fully saturated rings.